The molecule has 1 heterocycles. The zero-order chi connectivity index (χ0) is 12.7. The molecular formula is C14H12BClN2. The molecule has 2 nitrogen and oxygen atoms in total. The second-order valence-corrected chi connectivity index (χ2v) is 5.10. The summed E-state index contributed by atoms with van der Waals surface area (Å²) in [5.41, 5.74) is 12.0. The minimum atomic E-state index is 0.632. The van der Waals surface area contributed by atoms with E-state index in [1.807, 2.05) is 18.2 Å². The molecule has 3 rings (SSSR count). The molecule has 18 heavy (non-hydrogen) atoms. The maximum Gasteiger partial charge on any atom is 0.115 e. The Morgan fingerprint density at radius 2 is 1.89 bits per heavy atom. The lowest BCUT2D eigenvalue weighted by Gasteiger charge is -2.08. The average Bonchev–Trinajstić information content (AvgIpc) is 2.50. The summed E-state index contributed by atoms with van der Waals surface area (Å²) in [5, 5.41) is 0.632. The van der Waals surface area contributed by atoms with Gasteiger partial charge in [0, 0.05) is 18.3 Å². The van der Waals surface area contributed by atoms with Crippen molar-refractivity contribution in [1.82, 2.24) is 4.98 Å². The van der Waals surface area contributed by atoms with Gasteiger partial charge in [-0.3, -0.25) is 4.98 Å². The lowest BCUT2D eigenvalue weighted by Crippen LogP contribution is -2.08. The van der Waals surface area contributed by atoms with Gasteiger partial charge in [0.25, 0.3) is 0 Å². The molecule has 0 unspecified atom stereocenters. The van der Waals surface area contributed by atoms with Crippen LogP contribution in [0.3, 0.4) is 0 Å². The van der Waals surface area contributed by atoms with E-state index in [2.05, 4.69) is 4.98 Å². The summed E-state index contributed by atoms with van der Waals surface area (Å²) >= 11 is 6.07. The molecule has 1 aliphatic carbocycles. The molecule has 2 radical (unpaired) electrons. The van der Waals surface area contributed by atoms with E-state index in [9.17, 15) is 0 Å². The maximum absolute atomic E-state index is 6.07. The van der Waals surface area contributed by atoms with Crippen molar-refractivity contribution in [3.05, 3.63) is 51.8 Å². The molecule has 4 heteroatoms. The SMILES string of the molecule is [B]c1cnc2c(c1)CCc1cc(Cl)c(N)cc1C2. The Morgan fingerprint density at radius 3 is 2.72 bits per heavy atom. The first-order valence-corrected chi connectivity index (χ1v) is 6.31. The minimum absolute atomic E-state index is 0.632. The molecule has 2 aromatic rings. The van der Waals surface area contributed by atoms with Crippen molar-refractivity contribution in [2.75, 3.05) is 5.73 Å². The molecule has 0 bridgehead atoms. The third-order valence-corrected chi connectivity index (χ3v) is 3.75. The summed E-state index contributed by atoms with van der Waals surface area (Å²) in [5.74, 6) is 0. The van der Waals surface area contributed by atoms with Crippen LogP contribution in [0.1, 0.15) is 22.4 Å². The van der Waals surface area contributed by atoms with Crippen molar-refractivity contribution >= 4 is 30.6 Å². The molecule has 0 fully saturated rings. The van der Waals surface area contributed by atoms with Crippen molar-refractivity contribution in [3.63, 3.8) is 0 Å². The van der Waals surface area contributed by atoms with E-state index < -0.39 is 0 Å². The number of aromatic nitrogens is 1. The van der Waals surface area contributed by atoms with E-state index in [4.69, 9.17) is 25.2 Å². The summed E-state index contributed by atoms with van der Waals surface area (Å²) < 4.78 is 0. The molecule has 1 aromatic carbocycles. The van der Waals surface area contributed by atoms with Crippen molar-refractivity contribution in [3.8, 4) is 0 Å². The van der Waals surface area contributed by atoms with E-state index in [0.29, 0.717) is 10.7 Å². The van der Waals surface area contributed by atoms with Gasteiger partial charge in [0.05, 0.1) is 10.7 Å². The Labute approximate surface area is 113 Å². The summed E-state index contributed by atoms with van der Waals surface area (Å²) in [6, 6.07) is 5.95. The van der Waals surface area contributed by atoms with Crippen LogP contribution in [0.25, 0.3) is 0 Å². The van der Waals surface area contributed by atoms with Gasteiger partial charge >= 0.3 is 0 Å². The Kier molecular flexibility index (Phi) is 2.79. The first kappa shape index (κ1) is 11.6. The van der Waals surface area contributed by atoms with Gasteiger partial charge in [-0.1, -0.05) is 23.1 Å². The van der Waals surface area contributed by atoms with Crippen LogP contribution < -0.4 is 11.2 Å². The molecule has 2 N–H and O–H groups in total. The van der Waals surface area contributed by atoms with Gasteiger partial charge < -0.3 is 5.73 Å². The highest BCUT2D eigenvalue weighted by Gasteiger charge is 2.15. The van der Waals surface area contributed by atoms with Gasteiger partial charge in [-0.15, -0.1) is 0 Å². The number of nitrogen functional groups attached to an aromatic ring is 1. The van der Waals surface area contributed by atoms with E-state index in [0.717, 1.165) is 30.4 Å². The van der Waals surface area contributed by atoms with Gasteiger partial charge in [0.1, 0.15) is 7.85 Å². The van der Waals surface area contributed by atoms with E-state index in [-0.39, 0.29) is 0 Å². The van der Waals surface area contributed by atoms with Crippen LogP contribution in [-0.4, -0.2) is 12.8 Å². The summed E-state index contributed by atoms with van der Waals surface area (Å²) in [4.78, 5) is 4.43. The first-order valence-electron chi connectivity index (χ1n) is 5.93. The van der Waals surface area contributed by atoms with Crippen LogP contribution in [0.2, 0.25) is 5.02 Å². The molecule has 0 amide bonds. The minimum Gasteiger partial charge on any atom is -0.398 e. The highest BCUT2D eigenvalue weighted by atomic mass is 35.5. The smallest absolute Gasteiger partial charge is 0.115 e. The van der Waals surface area contributed by atoms with Crippen LogP contribution in [0, 0.1) is 0 Å². The van der Waals surface area contributed by atoms with Crippen LogP contribution in [0.4, 0.5) is 5.69 Å². The predicted molar refractivity (Wildman–Crippen MR) is 75.7 cm³/mol. The fourth-order valence-corrected chi connectivity index (χ4v) is 2.64. The summed E-state index contributed by atoms with van der Waals surface area (Å²) in [6.45, 7) is 0. The van der Waals surface area contributed by atoms with Gasteiger partial charge in [-0.2, -0.15) is 0 Å². The third kappa shape index (κ3) is 1.99. The Morgan fingerprint density at radius 1 is 1.11 bits per heavy atom. The Bertz CT molecular complexity index is 625. The predicted octanol–water partition coefficient (Wildman–Crippen LogP) is 1.80. The first-order chi connectivity index (χ1) is 8.63. The van der Waals surface area contributed by atoms with Crippen LogP contribution in [0.15, 0.2) is 24.4 Å². The second-order valence-electron chi connectivity index (χ2n) is 4.69. The number of anilines is 1. The van der Waals surface area contributed by atoms with Gasteiger partial charge in [-0.25, -0.2) is 0 Å². The molecule has 88 valence electrons. The number of nitrogens with zero attached hydrogens (tertiary/aromatic N) is 1. The van der Waals surface area contributed by atoms with Gasteiger partial charge in [-0.05, 0) is 41.7 Å². The van der Waals surface area contributed by atoms with Gasteiger partial charge in [0.2, 0.25) is 0 Å². The molecule has 0 saturated carbocycles. The molecule has 0 atom stereocenters. The number of pyridine rings is 1. The molecule has 1 aliphatic rings. The van der Waals surface area contributed by atoms with Crippen LogP contribution >= 0.6 is 11.6 Å². The maximum atomic E-state index is 6.07. The molecule has 1 aromatic heterocycles. The molecule has 0 saturated heterocycles. The Balaban J connectivity index is 2.09. The van der Waals surface area contributed by atoms with Crippen molar-refractivity contribution in [2.24, 2.45) is 0 Å². The van der Waals surface area contributed by atoms with Crippen molar-refractivity contribution in [2.45, 2.75) is 19.3 Å². The molecule has 0 aliphatic heterocycles. The van der Waals surface area contributed by atoms with Gasteiger partial charge in [0.15, 0.2) is 0 Å². The number of fused-ring (bicyclic) bond motifs is 2. The molecular weight excluding hydrogens is 242 g/mol. The summed E-state index contributed by atoms with van der Waals surface area (Å²) in [6.07, 6.45) is 4.41. The fraction of sp³-hybridized carbons (Fsp3) is 0.214. The lowest BCUT2D eigenvalue weighted by molar-refractivity contribution is 0.955. The normalized spacial score (nSPS) is 13.6. The van der Waals surface area contributed by atoms with E-state index in [1.54, 1.807) is 6.20 Å². The number of nitrogens with two attached hydrogens (primary N) is 1. The number of hydrogen-bond acceptors (Lipinski definition) is 2. The third-order valence-electron chi connectivity index (χ3n) is 3.42. The highest BCUT2D eigenvalue weighted by molar-refractivity contribution is 6.33. The zero-order valence-electron chi connectivity index (χ0n) is 9.91. The monoisotopic (exact) mass is 254 g/mol. The molecule has 0 spiro atoms. The van der Waals surface area contributed by atoms with Crippen molar-refractivity contribution in [1.29, 1.82) is 0 Å². The van der Waals surface area contributed by atoms with E-state index >= 15 is 0 Å². The standard InChI is InChI=1S/C14H12BClN2/c15-11-3-9-2-1-8-4-12(16)13(17)5-10(8)6-14(9)18-7-11/h3-5,7H,1-2,6,17H2. The number of halogens is 1. The van der Waals surface area contributed by atoms with Crippen LogP contribution in [-0.2, 0) is 19.3 Å². The highest BCUT2D eigenvalue weighted by Crippen LogP contribution is 2.29. The Hall–Kier alpha value is -1.48. The number of hydrogen-bond donors (Lipinski definition) is 1. The van der Waals surface area contributed by atoms with E-state index in [1.165, 1.54) is 16.7 Å². The number of aryl methyl sites for hydroxylation is 2. The van der Waals surface area contributed by atoms with Crippen LogP contribution in [0.5, 0.6) is 0 Å². The fourth-order valence-electron chi connectivity index (χ4n) is 2.46. The zero-order valence-corrected chi connectivity index (χ0v) is 10.7. The quantitative estimate of drug-likeness (QED) is 0.575. The number of rotatable bonds is 0. The number of benzene rings is 1. The topological polar surface area (TPSA) is 38.9 Å². The second kappa shape index (κ2) is 4.32. The average molecular weight is 255 g/mol. The summed E-state index contributed by atoms with van der Waals surface area (Å²) in [7, 11) is 5.78. The van der Waals surface area contributed by atoms with Crippen molar-refractivity contribution < 1.29 is 0 Å². The lowest BCUT2D eigenvalue weighted by atomic mass is 9.94. The largest absolute Gasteiger partial charge is 0.398 e.